The third-order valence-electron chi connectivity index (χ3n) is 7.02. The predicted molar refractivity (Wildman–Crippen MR) is 146 cm³/mol. The van der Waals surface area contributed by atoms with Crippen LogP contribution in [0.4, 0.5) is 35.0 Å². The zero-order valence-electron chi connectivity index (χ0n) is 23.4. The standard InChI is InChI=1S/C28H29F4N7O4/c1-17-22(16-39(37-17)7-8-42-10-9-41-2)35-26-33-14-20(15-34-26)18-3-4-19(21(29)11-18)12-25(40)36-24-13-23(43-38-24)27(5-6-27)28(30,31)32/h3-4,11,13-16H,5-10,12H2,1-2H3,(H,33,34,35)(H,36,38,40). The quantitative estimate of drug-likeness (QED) is 0.161. The van der Waals surface area contributed by atoms with Gasteiger partial charge in [-0.2, -0.15) is 18.3 Å². The van der Waals surface area contributed by atoms with Gasteiger partial charge in [0.05, 0.1) is 44.2 Å². The van der Waals surface area contributed by atoms with Gasteiger partial charge in [-0.15, -0.1) is 0 Å². The first-order chi connectivity index (χ1) is 20.6. The first-order valence-electron chi connectivity index (χ1n) is 13.4. The van der Waals surface area contributed by atoms with Crippen LogP contribution in [0.15, 0.2) is 47.4 Å². The van der Waals surface area contributed by atoms with Crippen molar-refractivity contribution in [3.63, 3.8) is 0 Å². The van der Waals surface area contributed by atoms with Crippen molar-refractivity contribution < 1.29 is 36.4 Å². The second kappa shape index (κ2) is 12.5. The summed E-state index contributed by atoms with van der Waals surface area (Å²) in [6.45, 7) is 3.94. The lowest BCUT2D eigenvalue weighted by Gasteiger charge is -2.14. The van der Waals surface area contributed by atoms with Crippen LogP contribution in [0.2, 0.25) is 0 Å². The van der Waals surface area contributed by atoms with Gasteiger partial charge >= 0.3 is 6.18 Å². The number of alkyl halides is 3. The van der Waals surface area contributed by atoms with E-state index in [2.05, 4.69) is 30.9 Å². The Hall–Kier alpha value is -4.37. The minimum absolute atomic E-state index is 0.0923. The normalized spacial score (nSPS) is 14.1. The van der Waals surface area contributed by atoms with E-state index in [1.807, 2.05) is 13.1 Å². The summed E-state index contributed by atoms with van der Waals surface area (Å²) in [5.41, 5.74) is 0.569. The van der Waals surface area contributed by atoms with E-state index in [1.54, 1.807) is 17.9 Å². The number of carbonyl (C=O) groups excluding carboxylic acids is 1. The summed E-state index contributed by atoms with van der Waals surface area (Å²) in [5, 5.41) is 13.4. The molecule has 3 aromatic heterocycles. The monoisotopic (exact) mass is 603 g/mol. The molecule has 228 valence electrons. The highest BCUT2D eigenvalue weighted by molar-refractivity contribution is 5.91. The number of methoxy groups -OCH3 is 1. The fourth-order valence-electron chi connectivity index (χ4n) is 4.40. The Balaban J connectivity index is 1.16. The molecule has 1 saturated carbocycles. The van der Waals surface area contributed by atoms with Crippen molar-refractivity contribution in [2.24, 2.45) is 0 Å². The highest BCUT2D eigenvalue weighted by Gasteiger charge is 2.66. The summed E-state index contributed by atoms with van der Waals surface area (Å²) >= 11 is 0. The first kappa shape index (κ1) is 30.1. The number of ether oxygens (including phenoxy) is 2. The molecule has 0 spiro atoms. The molecule has 0 atom stereocenters. The Morgan fingerprint density at radius 2 is 1.88 bits per heavy atom. The lowest BCUT2D eigenvalue weighted by atomic mass is 10.0. The second-order valence-electron chi connectivity index (χ2n) is 10.1. The van der Waals surface area contributed by atoms with E-state index in [9.17, 15) is 22.4 Å². The number of aromatic nitrogens is 5. The number of rotatable bonds is 13. The number of hydrogen-bond acceptors (Lipinski definition) is 9. The van der Waals surface area contributed by atoms with Gasteiger partial charge in [-0.25, -0.2) is 14.4 Å². The van der Waals surface area contributed by atoms with Gasteiger partial charge < -0.3 is 24.6 Å². The van der Waals surface area contributed by atoms with Gasteiger partial charge in [0.25, 0.3) is 0 Å². The number of carbonyl (C=O) groups is 1. The molecule has 1 aliphatic rings. The molecule has 0 radical (unpaired) electrons. The fourth-order valence-corrected chi connectivity index (χ4v) is 4.40. The highest BCUT2D eigenvalue weighted by atomic mass is 19.4. The Labute approximate surface area is 243 Å². The van der Waals surface area contributed by atoms with Gasteiger partial charge in [0.2, 0.25) is 11.9 Å². The maximum atomic E-state index is 14.9. The van der Waals surface area contributed by atoms with E-state index < -0.39 is 23.3 Å². The predicted octanol–water partition coefficient (Wildman–Crippen LogP) is 4.96. The summed E-state index contributed by atoms with van der Waals surface area (Å²) in [7, 11) is 1.61. The van der Waals surface area contributed by atoms with Crippen LogP contribution in [0, 0.1) is 12.7 Å². The molecule has 0 saturated heterocycles. The number of anilines is 3. The molecule has 1 amide bonds. The molecule has 1 fully saturated rings. The van der Waals surface area contributed by atoms with Crippen LogP contribution in [0.3, 0.4) is 0 Å². The zero-order chi connectivity index (χ0) is 30.6. The van der Waals surface area contributed by atoms with E-state index >= 15 is 0 Å². The maximum Gasteiger partial charge on any atom is 0.401 e. The third kappa shape index (κ3) is 7.00. The van der Waals surface area contributed by atoms with Crippen LogP contribution in [0.1, 0.15) is 29.9 Å². The molecule has 43 heavy (non-hydrogen) atoms. The Morgan fingerprint density at radius 3 is 2.56 bits per heavy atom. The molecule has 0 unspecified atom stereocenters. The highest BCUT2D eigenvalue weighted by Crippen LogP contribution is 2.59. The van der Waals surface area contributed by atoms with Gasteiger partial charge in [-0.3, -0.25) is 9.48 Å². The van der Waals surface area contributed by atoms with Crippen LogP contribution in [-0.4, -0.2) is 63.9 Å². The summed E-state index contributed by atoms with van der Waals surface area (Å²) in [6, 6.07) is 5.38. The van der Waals surface area contributed by atoms with Crippen molar-refractivity contribution in [1.82, 2.24) is 24.9 Å². The molecule has 3 heterocycles. The molecule has 0 bridgehead atoms. The van der Waals surface area contributed by atoms with Crippen molar-refractivity contribution >= 4 is 23.4 Å². The number of aryl methyl sites for hydroxylation is 1. The van der Waals surface area contributed by atoms with E-state index in [1.165, 1.54) is 24.5 Å². The van der Waals surface area contributed by atoms with Gasteiger partial charge in [0.1, 0.15) is 11.2 Å². The van der Waals surface area contributed by atoms with Crippen LogP contribution >= 0.6 is 0 Å². The SMILES string of the molecule is COCCOCCn1cc(Nc2ncc(-c3ccc(CC(=O)Nc4cc(C5(C(F)(F)F)CC5)on4)c(F)c3)cn2)c(C)n1. The fraction of sp³-hybridized carbons (Fsp3) is 0.393. The summed E-state index contributed by atoms with van der Waals surface area (Å²) in [4.78, 5) is 21.1. The molecular weight excluding hydrogens is 574 g/mol. The second-order valence-corrected chi connectivity index (χ2v) is 10.1. The van der Waals surface area contributed by atoms with Gasteiger partial charge in [-0.1, -0.05) is 17.3 Å². The molecule has 2 N–H and O–H groups in total. The largest absolute Gasteiger partial charge is 0.401 e. The summed E-state index contributed by atoms with van der Waals surface area (Å²) in [6.07, 6.45) is -0.124. The number of nitrogens with zero attached hydrogens (tertiary/aromatic N) is 5. The molecule has 15 heteroatoms. The molecule has 5 rings (SSSR count). The maximum absolute atomic E-state index is 14.9. The Morgan fingerprint density at radius 1 is 1.12 bits per heavy atom. The minimum Gasteiger partial charge on any atom is -0.382 e. The van der Waals surface area contributed by atoms with E-state index in [0.29, 0.717) is 43.4 Å². The molecule has 11 nitrogen and oxygen atoms in total. The van der Waals surface area contributed by atoms with Crippen molar-refractivity contribution in [3.05, 3.63) is 65.7 Å². The minimum atomic E-state index is -4.47. The van der Waals surface area contributed by atoms with Gasteiger partial charge in [0.15, 0.2) is 11.6 Å². The molecule has 1 aromatic carbocycles. The van der Waals surface area contributed by atoms with E-state index in [-0.39, 0.29) is 36.4 Å². The molecule has 1 aliphatic carbocycles. The lowest BCUT2D eigenvalue weighted by Crippen LogP contribution is -2.28. The van der Waals surface area contributed by atoms with Gasteiger partial charge in [0, 0.05) is 37.3 Å². The number of benzene rings is 1. The van der Waals surface area contributed by atoms with Crippen LogP contribution in [0.5, 0.6) is 0 Å². The lowest BCUT2D eigenvalue weighted by molar-refractivity contribution is -0.165. The van der Waals surface area contributed by atoms with E-state index in [0.717, 1.165) is 17.4 Å². The van der Waals surface area contributed by atoms with Gasteiger partial charge in [-0.05, 0) is 37.0 Å². The smallest absolute Gasteiger partial charge is 0.382 e. The topological polar surface area (TPSA) is 129 Å². The molecular formula is C28H29F4N7O4. The number of halogens is 4. The Kier molecular flexibility index (Phi) is 8.73. The third-order valence-corrected chi connectivity index (χ3v) is 7.02. The van der Waals surface area contributed by atoms with E-state index in [4.69, 9.17) is 14.0 Å². The zero-order valence-corrected chi connectivity index (χ0v) is 23.4. The van der Waals surface area contributed by atoms with Crippen LogP contribution in [-0.2, 0) is 32.6 Å². The summed E-state index contributed by atoms with van der Waals surface area (Å²) < 4.78 is 71.8. The summed E-state index contributed by atoms with van der Waals surface area (Å²) in [5.74, 6) is -1.47. The van der Waals surface area contributed by atoms with Crippen LogP contribution < -0.4 is 10.6 Å². The van der Waals surface area contributed by atoms with Crippen LogP contribution in [0.25, 0.3) is 11.1 Å². The molecule has 0 aliphatic heterocycles. The van der Waals surface area contributed by atoms with Crippen molar-refractivity contribution in [3.8, 4) is 11.1 Å². The average molecular weight is 604 g/mol. The first-order valence-corrected chi connectivity index (χ1v) is 13.4. The number of amides is 1. The van der Waals surface area contributed by atoms with Crippen molar-refractivity contribution in [2.75, 3.05) is 37.6 Å². The van der Waals surface area contributed by atoms with Crippen molar-refractivity contribution in [2.45, 2.75) is 44.3 Å². The average Bonchev–Trinajstić information content (AvgIpc) is 3.55. The number of nitrogens with one attached hydrogen (secondary N) is 2. The Bertz CT molecular complexity index is 1570. The number of hydrogen-bond donors (Lipinski definition) is 2. The molecule has 4 aromatic rings. The van der Waals surface area contributed by atoms with Crippen molar-refractivity contribution in [1.29, 1.82) is 0 Å².